The molecule has 0 aromatic heterocycles. The fraction of sp³-hybridized carbons (Fsp3) is 0.972. The number of urea groups is 1. The van der Waals surface area contributed by atoms with Gasteiger partial charge in [0.15, 0.2) is 0 Å². The van der Waals surface area contributed by atoms with Crippen molar-refractivity contribution in [1.29, 1.82) is 0 Å². The first-order valence-corrected chi connectivity index (χ1v) is 36.3. The number of piperidine rings is 3. The number of hydrogen-bond donors (Lipinski definition) is 5. The average molecular weight is 1220 g/mol. The van der Waals surface area contributed by atoms with Gasteiger partial charge >= 0.3 is 6.03 Å². The van der Waals surface area contributed by atoms with E-state index in [2.05, 4.69) is 165 Å². The van der Waals surface area contributed by atoms with Gasteiger partial charge in [-0.15, -0.1) is 0 Å². The molecular weight excluding hydrogens is 1070 g/mol. The van der Waals surface area contributed by atoms with Crippen molar-refractivity contribution in [3.8, 4) is 0 Å². The van der Waals surface area contributed by atoms with Gasteiger partial charge in [-0.3, -0.25) is 9.69 Å². The molecule has 8 aliphatic rings. The molecule has 3 amide bonds. The second-order valence-electron chi connectivity index (χ2n) is 30.6. The Labute approximate surface area is 535 Å². The quantitative estimate of drug-likeness (QED) is 0.0898. The van der Waals surface area contributed by atoms with Gasteiger partial charge in [0.05, 0.1) is 18.8 Å². The van der Waals surface area contributed by atoms with Gasteiger partial charge in [-0.1, -0.05) is 118 Å². The van der Waals surface area contributed by atoms with E-state index in [4.69, 9.17) is 0 Å². The number of carbonyl (C=O) groups excluding carboxylic acids is 2. The van der Waals surface area contributed by atoms with E-state index in [1.54, 1.807) is 0 Å². The largest absolute Gasteiger partial charge is 0.393 e. The third-order valence-corrected chi connectivity index (χ3v) is 19.1. The summed E-state index contributed by atoms with van der Waals surface area (Å²) < 4.78 is 0. The normalized spacial score (nSPS) is 23.0. The van der Waals surface area contributed by atoms with Gasteiger partial charge in [0, 0.05) is 90.1 Å². The molecule has 2 unspecified atom stereocenters. The average Bonchev–Trinajstić information content (AvgIpc) is 4.39. The third kappa shape index (κ3) is 40.3. The van der Waals surface area contributed by atoms with Crippen LogP contribution in [-0.4, -0.2) is 224 Å². The molecule has 0 bridgehead atoms. The van der Waals surface area contributed by atoms with Crippen LogP contribution in [0.3, 0.4) is 0 Å². The minimum Gasteiger partial charge on any atom is -0.393 e. The Morgan fingerprint density at radius 3 is 1.28 bits per heavy atom. The molecule has 512 valence electrons. The Hall–Kier alpha value is -1.62. The zero-order chi connectivity index (χ0) is 64.7. The highest BCUT2D eigenvalue weighted by Crippen LogP contribution is 2.22. The number of likely N-dealkylation sites (tertiary alicyclic amines) is 5. The number of rotatable bonds is 18. The molecule has 0 saturated carbocycles. The molecule has 8 rings (SSSR count). The summed E-state index contributed by atoms with van der Waals surface area (Å²) in [4.78, 5) is 38.7. The molecule has 8 heterocycles. The lowest BCUT2D eigenvalue weighted by Gasteiger charge is -2.31. The van der Waals surface area contributed by atoms with Crippen molar-refractivity contribution in [2.45, 2.75) is 259 Å². The number of carbonyl (C=O) groups is 2. The van der Waals surface area contributed by atoms with E-state index in [9.17, 15) is 19.8 Å². The van der Waals surface area contributed by atoms with Crippen molar-refractivity contribution < 1.29 is 19.8 Å². The lowest BCUT2D eigenvalue weighted by Crippen LogP contribution is -2.50. The third-order valence-electron chi connectivity index (χ3n) is 19.1. The first-order chi connectivity index (χ1) is 40.6. The molecule has 86 heavy (non-hydrogen) atoms. The molecule has 0 aromatic carbocycles. The van der Waals surface area contributed by atoms with E-state index in [0.717, 1.165) is 124 Å². The van der Waals surface area contributed by atoms with Gasteiger partial charge in [-0.25, -0.2) is 4.79 Å². The summed E-state index contributed by atoms with van der Waals surface area (Å²) >= 11 is 0. The summed E-state index contributed by atoms with van der Waals surface area (Å²) in [7, 11) is 0. The predicted octanol–water partition coefficient (Wildman–Crippen LogP) is 12.4. The summed E-state index contributed by atoms with van der Waals surface area (Å²) in [5.74, 6) is 7.88. The first kappa shape index (κ1) is 82.4. The highest BCUT2D eigenvalue weighted by Gasteiger charge is 2.25. The molecule has 5 N–H and O–H groups in total. The van der Waals surface area contributed by atoms with Crippen molar-refractivity contribution in [2.75, 3.05) is 137 Å². The van der Waals surface area contributed by atoms with Crippen LogP contribution in [-0.2, 0) is 4.79 Å². The van der Waals surface area contributed by atoms with Gasteiger partial charge in [0.2, 0.25) is 5.91 Å². The van der Waals surface area contributed by atoms with Crippen molar-refractivity contribution in [3.63, 3.8) is 0 Å². The van der Waals surface area contributed by atoms with Crippen LogP contribution < -0.4 is 16.0 Å². The number of amides is 3. The molecule has 8 aliphatic heterocycles. The van der Waals surface area contributed by atoms with Gasteiger partial charge in [0.1, 0.15) is 0 Å². The molecule has 8 fully saturated rings. The SMILES string of the molecule is CC(C)C(C)N1CCCC1.CC(C)C(O)CN1CCNC(=O)C1.CC(C)CC1CCNCC1.CC(C)CCN1CCNC1=O.CC(C)CN1CCC(O)CC1.CC(C)CN1CCC[C@H](C)C1.CC(C)[C@@H](C)N1CCCC1.CC(C)[C@H](C)N1CCCC1. The smallest absolute Gasteiger partial charge is 0.317 e. The predicted molar refractivity (Wildman–Crippen MR) is 371 cm³/mol. The molecule has 0 aliphatic carbocycles. The standard InChI is InChI=1S/C10H21N.C9H18N2O2.C9H19NO.4C9H19N.C8H16N2O/c1-9(2)7-11-6-4-5-10(3)8-11;1-7(2)8(12)5-11-4-3-10-9(13)6-11;1-8(2)7-10-5-3-9(11)4-6-10;3*1-8(2)9(3)10-6-4-5-7-10;1-8(2)7-9-3-5-10-6-4-9;1-7(2)3-5-10-6-4-9-8(10)11/h9-10H,4-8H2,1-3H3;7-8,12H,3-6H2,1-2H3,(H,10,13);8-9,11H,3-7H2,1-2H3;3*8-9H,4-7H2,1-3H3;8-10H,3-7H2,1-2H3;7H,3-6H2,1-2H3,(H,9,11)/t10-;;;2*9-;;;/m0..10.../s1. The minimum absolute atomic E-state index is 0.0292. The fourth-order valence-corrected chi connectivity index (χ4v) is 12.5. The van der Waals surface area contributed by atoms with Crippen molar-refractivity contribution >= 4 is 11.9 Å². The van der Waals surface area contributed by atoms with Crippen molar-refractivity contribution in [3.05, 3.63) is 0 Å². The van der Waals surface area contributed by atoms with E-state index in [0.29, 0.717) is 25.6 Å². The van der Waals surface area contributed by atoms with Crippen LogP contribution in [0.15, 0.2) is 0 Å². The molecule has 8 saturated heterocycles. The van der Waals surface area contributed by atoms with Gasteiger partial charge in [-0.2, -0.15) is 0 Å². The molecular formula is C72H150N10O4. The second kappa shape index (κ2) is 48.2. The van der Waals surface area contributed by atoms with E-state index in [1.807, 2.05) is 23.6 Å². The Balaban J connectivity index is 0.000000492. The lowest BCUT2D eigenvalue weighted by molar-refractivity contribution is -0.124. The highest BCUT2D eigenvalue weighted by atomic mass is 16.3. The monoisotopic (exact) mass is 1220 g/mol. The summed E-state index contributed by atoms with van der Waals surface area (Å²) in [5, 5.41) is 27.7. The van der Waals surface area contributed by atoms with Crippen LogP contribution in [0.2, 0.25) is 0 Å². The van der Waals surface area contributed by atoms with Gasteiger partial charge in [0.25, 0.3) is 0 Å². The summed E-state index contributed by atoms with van der Waals surface area (Å²) in [5.41, 5.74) is 0. The number of nitrogens with one attached hydrogen (secondary N) is 3. The van der Waals surface area contributed by atoms with Crippen molar-refractivity contribution in [1.82, 2.24) is 50.2 Å². The highest BCUT2D eigenvalue weighted by molar-refractivity contribution is 5.78. The van der Waals surface area contributed by atoms with Crippen LogP contribution in [0, 0.1) is 59.2 Å². The molecule has 0 spiro atoms. The maximum Gasteiger partial charge on any atom is 0.317 e. The van der Waals surface area contributed by atoms with Crippen LogP contribution >= 0.6 is 0 Å². The zero-order valence-electron chi connectivity index (χ0n) is 60.8. The number of β-amino-alcohol motifs (C(OH)–C–C–N with tert-alkyl or cyclic N) is 1. The number of nitrogens with zero attached hydrogens (tertiary/aromatic N) is 7. The topological polar surface area (TPSA) is 133 Å². The number of hydrogen-bond acceptors (Lipinski definition) is 11. The summed E-state index contributed by atoms with van der Waals surface area (Å²) in [6, 6.07) is 2.48. The van der Waals surface area contributed by atoms with E-state index in [-0.39, 0.29) is 30.1 Å². The lowest BCUT2D eigenvalue weighted by atomic mass is 9.89. The van der Waals surface area contributed by atoms with Crippen LogP contribution in [0.25, 0.3) is 0 Å². The molecule has 14 heteroatoms. The first-order valence-electron chi connectivity index (χ1n) is 36.3. The van der Waals surface area contributed by atoms with E-state index < -0.39 is 0 Å². The summed E-state index contributed by atoms with van der Waals surface area (Å²) in [6.07, 6.45) is 18.2. The Morgan fingerprint density at radius 2 is 0.907 bits per heavy atom. The summed E-state index contributed by atoms with van der Waals surface area (Å²) in [6.45, 7) is 68.3. The second-order valence-corrected chi connectivity index (χ2v) is 30.6. The van der Waals surface area contributed by atoms with E-state index in [1.165, 1.54) is 149 Å². The zero-order valence-corrected chi connectivity index (χ0v) is 60.8. The van der Waals surface area contributed by atoms with Crippen LogP contribution in [0.1, 0.15) is 228 Å². The van der Waals surface area contributed by atoms with Gasteiger partial charge in [-0.05, 0) is 229 Å². The molecule has 0 aromatic rings. The molecule has 0 radical (unpaired) electrons. The molecule has 5 atom stereocenters. The minimum atomic E-state index is -0.328. The number of piperazine rings is 1. The van der Waals surface area contributed by atoms with E-state index >= 15 is 0 Å². The van der Waals surface area contributed by atoms with Crippen molar-refractivity contribution in [2.24, 2.45) is 59.2 Å². The molecule has 14 nitrogen and oxygen atoms in total. The Kier molecular flexibility index (Phi) is 46.2. The Morgan fingerprint density at radius 1 is 0.453 bits per heavy atom. The van der Waals surface area contributed by atoms with Crippen LogP contribution in [0.4, 0.5) is 4.79 Å². The fourth-order valence-electron chi connectivity index (χ4n) is 12.5. The van der Waals surface area contributed by atoms with Crippen LogP contribution in [0.5, 0.6) is 0 Å². The Bertz CT molecular complexity index is 1540. The maximum absolute atomic E-state index is 11.0. The van der Waals surface area contributed by atoms with Gasteiger partial charge < -0.3 is 55.6 Å². The number of aliphatic hydroxyl groups excluding tert-OH is 2. The maximum atomic E-state index is 11.0. The number of aliphatic hydroxyl groups is 2.